The van der Waals surface area contributed by atoms with E-state index in [0.29, 0.717) is 22.8 Å². The largest absolute Gasteiger partial charge is 0.454 e. The number of fused-ring (bicyclic) bond motifs is 1. The Labute approximate surface area is 170 Å². The van der Waals surface area contributed by atoms with Crippen molar-refractivity contribution in [1.29, 1.82) is 0 Å². The van der Waals surface area contributed by atoms with Gasteiger partial charge < -0.3 is 14.8 Å². The summed E-state index contributed by atoms with van der Waals surface area (Å²) in [5, 5.41) is 7.10. The predicted octanol–water partition coefficient (Wildman–Crippen LogP) is 3.94. The Morgan fingerprint density at radius 3 is 2.34 bits per heavy atom. The molecule has 1 aliphatic heterocycles. The van der Waals surface area contributed by atoms with Crippen molar-refractivity contribution >= 4 is 23.2 Å². The molecule has 2 aromatic rings. The van der Waals surface area contributed by atoms with Crippen LogP contribution in [-0.4, -0.2) is 24.3 Å². The number of amides is 2. The summed E-state index contributed by atoms with van der Waals surface area (Å²) in [6, 6.07) is 12.3. The lowest BCUT2D eigenvalue weighted by Crippen LogP contribution is -2.21. The van der Waals surface area contributed by atoms with Crippen molar-refractivity contribution in [2.45, 2.75) is 33.6 Å². The van der Waals surface area contributed by atoms with E-state index in [1.165, 1.54) is 0 Å². The number of rotatable bonds is 7. The number of benzene rings is 2. The fourth-order valence-corrected chi connectivity index (χ4v) is 3.00. The molecular weight excluding hydrogens is 370 g/mol. The topological polar surface area (TPSA) is 89.0 Å². The van der Waals surface area contributed by atoms with Crippen LogP contribution in [0.5, 0.6) is 11.5 Å². The number of carbonyl (C=O) groups is 2. The lowest BCUT2D eigenvalue weighted by Gasteiger charge is -2.13. The monoisotopic (exact) mass is 395 g/mol. The highest BCUT2D eigenvalue weighted by Gasteiger charge is 2.16. The summed E-state index contributed by atoms with van der Waals surface area (Å²) in [6.07, 6.45) is 1.63. The molecule has 2 N–H and O–H groups in total. The average molecular weight is 395 g/mol. The smallest absolute Gasteiger partial charge is 0.271 e. The molecule has 0 saturated carbocycles. The summed E-state index contributed by atoms with van der Waals surface area (Å²) in [6.45, 7) is 5.98. The van der Waals surface area contributed by atoms with Crippen molar-refractivity contribution in [2.24, 2.45) is 11.0 Å². The molecule has 0 saturated heterocycles. The van der Waals surface area contributed by atoms with Crippen LogP contribution in [0, 0.1) is 5.92 Å². The summed E-state index contributed by atoms with van der Waals surface area (Å²) in [5.74, 6) is 0.882. The van der Waals surface area contributed by atoms with Crippen LogP contribution >= 0.6 is 0 Å². The molecule has 2 amide bonds. The van der Waals surface area contributed by atoms with E-state index in [0.717, 1.165) is 24.1 Å². The van der Waals surface area contributed by atoms with E-state index in [-0.39, 0.29) is 24.5 Å². The second-order valence-corrected chi connectivity index (χ2v) is 6.79. The number of anilines is 1. The summed E-state index contributed by atoms with van der Waals surface area (Å²) in [5.41, 5.74) is 5.22. The highest BCUT2D eigenvalue weighted by molar-refractivity contribution is 6.01. The van der Waals surface area contributed by atoms with E-state index < -0.39 is 0 Å². The van der Waals surface area contributed by atoms with E-state index in [1.54, 1.807) is 25.1 Å². The van der Waals surface area contributed by atoms with Crippen LogP contribution in [-0.2, 0) is 4.79 Å². The molecule has 0 bridgehead atoms. The summed E-state index contributed by atoms with van der Waals surface area (Å²) < 4.78 is 10.5. The van der Waals surface area contributed by atoms with Gasteiger partial charge >= 0.3 is 0 Å². The van der Waals surface area contributed by atoms with Crippen LogP contribution in [0.25, 0.3) is 0 Å². The molecular formula is C22H25N3O4. The fourth-order valence-electron chi connectivity index (χ4n) is 3.00. The summed E-state index contributed by atoms with van der Waals surface area (Å²) in [4.78, 5) is 24.5. The number of nitrogens with zero attached hydrogens (tertiary/aromatic N) is 1. The lowest BCUT2D eigenvalue weighted by molar-refractivity contribution is -0.120. The van der Waals surface area contributed by atoms with Crippen molar-refractivity contribution in [2.75, 3.05) is 12.1 Å². The normalized spacial score (nSPS) is 12.8. The second-order valence-electron chi connectivity index (χ2n) is 6.79. The highest BCUT2D eigenvalue weighted by Crippen LogP contribution is 2.32. The van der Waals surface area contributed by atoms with Gasteiger partial charge in [0.15, 0.2) is 11.5 Å². The molecule has 0 fully saturated rings. The number of hydrogen-bond donors (Lipinski definition) is 2. The van der Waals surface area contributed by atoms with E-state index in [4.69, 9.17) is 9.47 Å². The first-order valence-electron chi connectivity index (χ1n) is 9.67. The van der Waals surface area contributed by atoms with Gasteiger partial charge in [-0.3, -0.25) is 9.59 Å². The molecule has 0 spiro atoms. The van der Waals surface area contributed by atoms with Crippen molar-refractivity contribution in [3.8, 4) is 11.5 Å². The number of carbonyl (C=O) groups excluding carboxylic acids is 2. The third-order valence-electron chi connectivity index (χ3n) is 4.89. The Balaban J connectivity index is 1.61. The first kappa shape index (κ1) is 20.4. The Hall–Kier alpha value is -3.35. The molecule has 0 aromatic heterocycles. The molecule has 29 heavy (non-hydrogen) atoms. The number of ether oxygens (including phenoxy) is 2. The quantitative estimate of drug-likeness (QED) is 0.549. The van der Waals surface area contributed by atoms with Crippen LogP contribution in [0.3, 0.4) is 0 Å². The number of hydrazone groups is 1. The second kappa shape index (κ2) is 9.23. The van der Waals surface area contributed by atoms with Gasteiger partial charge in [0.1, 0.15) is 0 Å². The van der Waals surface area contributed by atoms with E-state index in [2.05, 4.69) is 15.8 Å². The highest BCUT2D eigenvalue weighted by atomic mass is 16.7. The summed E-state index contributed by atoms with van der Waals surface area (Å²) >= 11 is 0. The van der Waals surface area contributed by atoms with E-state index in [1.807, 2.05) is 38.1 Å². The molecule has 152 valence electrons. The lowest BCUT2D eigenvalue weighted by atomic mass is 10.0. The Morgan fingerprint density at radius 1 is 1.00 bits per heavy atom. The zero-order chi connectivity index (χ0) is 20.8. The fraction of sp³-hybridized carbons (Fsp3) is 0.318. The maximum absolute atomic E-state index is 12.3. The number of nitrogens with one attached hydrogen (secondary N) is 2. The molecule has 0 unspecified atom stereocenters. The third-order valence-corrected chi connectivity index (χ3v) is 4.89. The molecule has 7 nitrogen and oxygen atoms in total. The van der Waals surface area contributed by atoms with Crippen molar-refractivity contribution in [1.82, 2.24) is 5.43 Å². The van der Waals surface area contributed by atoms with Crippen molar-refractivity contribution < 1.29 is 19.1 Å². The van der Waals surface area contributed by atoms with Crippen LogP contribution in [0.15, 0.2) is 47.6 Å². The minimum absolute atomic E-state index is 0.0179. The third kappa shape index (κ3) is 4.93. The maximum Gasteiger partial charge on any atom is 0.271 e. The Bertz CT molecular complexity index is 918. The van der Waals surface area contributed by atoms with Crippen molar-refractivity contribution in [3.05, 3.63) is 53.6 Å². The first-order valence-corrected chi connectivity index (χ1v) is 9.67. The molecule has 2 aromatic carbocycles. The zero-order valence-electron chi connectivity index (χ0n) is 16.8. The molecule has 1 heterocycles. The minimum atomic E-state index is -0.336. The molecule has 0 atom stereocenters. The number of hydrogen-bond acceptors (Lipinski definition) is 5. The van der Waals surface area contributed by atoms with Gasteiger partial charge in [0.05, 0.1) is 5.71 Å². The van der Waals surface area contributed by atoms with Gasteiger partial charge in [0.2, 0.25) is 12.7 Å². The van der Waals surface area contributed by atoms with Gasteiger partial charge in [-0.15, -0.1) is 0 Å². The molecule has 1 aliphatic rings. The molecule has 3 rings (SSSR count). The molecule has 0 aliphatic carbocycles. The van der Waals surface area contributed by atoms with Crippen LogP contribution in [0.4, 0.5) is 5.69 Å². The van der Waals surface area contributed by atoms with E-state index >= 15 is 0 Å². The first-order chi connectivity index (χ1) is 14.0. The molecule has 7 heteroatoms. The summed E-state index contributed by atoms with van der Waals surface area (Å²) in [7, 11) is 0. The van der Waals surface area contributed by atoms with Crippen LogP contribution in [0.1, 0.15) is 49.5 Å². The average Bonchev–Trinajstić information content (AvgIpc) is 3.21. The predicted molar refractivity (Wildman–Crippen MR) is 111 cm³/mol. The molecule has 0 radical (unpaired) electrons. The van der Waals surface area contributed by atoms with Crippen molar-refractivity contribution in [3.63, 3.8) is 0 Å². The van der Waals surface area contributed by atoms with Gasteiger partial charge in [-0.25, -0.2) is 5.43 Å². The Morgan fingerprint density at radius 2 is 1.66 bits per heavy atom. The Kier molecular flexibility index (Phi) is 6.49. The van der Waals surface area contributed by atoms with Gasteiger partial charge in [-0.05, 0) is 55.7 Å². The SMILES string of the molecule is CCC(CC)C(=O)Nc1ccc(/C(C)=N\NC(=O)c2ccc3c(c2)OCO3)cc1. The van der Waals surface area contributed by atoms with Gasteiger partial charge in [0.25, 0.3) is 5.91 Å². The van der Waals surface area contributed by atoms with Gasteiger partial charge in [-0.1, -0.05) is 26.0 Å². The van der Waals surface area contributed by atoms with Gasteiger partial charge in [-0.2, -0.15) is 5.10 Å². The van der Waals surface area contributed by atoms with E-state index in [9.17, 15) is 9.59 Å². The van der Waals surface area contributed by atoms with Gasteiger partial charge in [0, 0.05) is 17.2 Å². The van der Waals surface area contributed by atoms with Crippen LogP contribution < -0.4 is 20.2 Å². The zero-order valence-corrected chi connectivity index (χ0v) is 16.8. The standard InChI is InChI=1S/C22H25N3O4/c1-4-15(5-2)21(26)23-18-9-6-16(7-10-18)14(3)24-25-22(27)17-8-11-19-20(12-17)29-13-28-19/h6-12,15H,4-5,13H2,1-3H3,(H,23,26)(H,25,27)/b24-14-. The minimum Gasteiger partial charge on any atom is -0.454 e. The van der Waals surface area contributed by atoms with Crippen LogP contribution in [0.2, 0.25) is 0 Å². The maximum atomic E-state index is 12.3.